The Morgan fingerprint density at radius 3 is 2.10 bits per heavy atom. The lowest BCUT2D eigenvalue weighted by atomic mass is 10.1. The molecule has 1 aromatic heterocycles. The van der Waals surface area contributed by atoms with Crippen molar-refractivity contribution in [2.24, 2.45) is 0 Å². The zero-order valence-electron chi connectivity index (χ0n) is 12.7. The van der Waals surface area contributed by atoms with Crippen molar-refractivity contribution in [2.75, 3.05) is 0 Å². The van der Waals surface area contributed by atoms with Crippen LogP contribution in [0, 0.1) is 25.2 Å². The van der Waals surface area contributed by atoms with Crippen molar-refractivity contribution in [1.29, 1.82) is 5.26 Å². The molecule has 6 heteroatoms. The second-order valence-corrected chi connectivity index (χ2v) is 3.94. The van der Waals surface area contributed by atoms with Gasteiger partial charge in [0.15, 0.2) is 0 Å². The number of aryl methyl sites for hydroxylation is 2. The van der Waals surface area contributed by atoms with E-state index < -0.39 is 0 Å². The molecule has 2 rings (SSSR count). The van der Waals surface area contributed by atoms with E-state index in [2.05, 4.69) is 16.3 Å². The van der Waals surface area contributed by atoms with Crippen LogP contribution in [-0.4, -0.2) is 23.0 Å². The van der Waals surface area contributed by atoms with Gasteiger partial charge in [-0.1, -0.05) is 44.2 Å². The first kappa shape index (κ1) is 16.5. The lowest BCUT2D eigenvalue weighted by Crippen LogP contribution is -2.07. The number of rotatable bonds is 3. The van der Waals surface area contributed by atoms with Crippen LogP contribution < -0.4 is 0 Å². The molecule has 0 fully saturated rings. The predicted octanol–water partition coefficient (Wildman–Crippen LogP) is 2.87. The fourth-order valence-electron chi connectivity index (χ4n) is 1.59. The highest BCUT2D eigenvalue weighted by Crippen LogP contribution is 2.21. The third kappa shape index (κ3) is 3.73. The number of hydrogen-bond donors (Lipinski definition) is 0. The van der Waals surface area contributed by atoms with Crippen LogP contribution in [0.5, 0.6) is 0 Å². The summed E-state index contributed by atoms with van der Waals surface area (Å²) >= 11 is 0. The largest absolute Gasteiger partial charge is 0.553 e. The Balaban J connectivity index is 0.00000106. The smallest absolute Gasteiger partial charge is 0.376 e. The summed E-state index contributed by atoms with van der Waals surface area (Å²) in [5.41, 5.74) is 2.47. The molecule has 0 aliphatic heterocycles. The molecule has 0 N–H and O–H groups in total. The van der Waals surface area contributed by atoms with Gasteiger partial charge in [0.25, 0.3) is 0 Å². The van der Waals surface area contributed by atoms with Crippen molar-refractivity contribution in [2.45, 2.75) is 27.7 Å². The van der Waals surface area contributed by atoms with E-state index in [1.165, 1.54) is 4.80 Å². The Hall–Kier alpha value is -2.55. The van der Waals surface area contributed by atoms with E-state index in [-0.39, 0.29) is 11.5 Å². The summed E-state index contributed by atoms with van der Waals surface area (Å²) in [4.78, 5) is 1.23. The highest BCUT2D eigenvalue weighted by atomic mass is 16.4. The SMILES string of the molecule is CC.[B]OC(=C(C#N)c1ccccc1)n1nc(C)c(C)n1. The second kappa shape index (κ2) is 7.90. The van der Waals surface area contributed by atoms with E-state index in [0.29, 0.717) is 5.56 Å². The molecular weight excluding hydrogens is 263 g/mol. The average molecular weight is 280 g/mol. The summed E-state index contributed by atoms with van der Waals surface area (Å²) in [5.74, 6) is 0.102. The third-order valence-corrected chi connectivity index (χ3v) is 2.69. The van der Waals surface area contributed by atoms with Gasteiger partial charge in [-0.25, -0.2) is 0 Å². The maximum Gasteiger partial charge on any atom is 0.376 e. The second-order valence-electron chi connectivity index (χ2n) is 3.94. The van der Waals surface area contributed by atoms with Gasteiger partial charge in [-0.2, -0.15) is 15.5 Å². The van der Waals surface area contributed by atoms with Crippen molar-refractivity contribution in [3.8, 4) is 6.07 Å². The molecule has 106 valence electrons. The standard InChI is InChI=1S/C13H11BN4O.C2H6/c1-9-10(2)17-18(16-9)13(19-14)12(8-15)11-6-4-3-5-7-11;1-2/h3-7H,1-2H3;1-2H3. The fourth-order valence-corrected chi connectivity index (χ4v) is 1.59. The summed E-state index contributed by atoms with van der Waals surface area (Å²) < 4.78 is 4.81. The first-order chi connectivity index (χ1) is 10.2. The van der Waals surface area contributed by atoms with E-state index in [4.69, 9.17) is 12.7 Å². The summed E-state index contributed by atoms with van der Waals surface area (Å²) in [7, 11) is 5.27. The monoisotopic (exact) mass is 280 g/mol. The van der Waals surface area contributed by atoms with E-state index >= 15 is 0 Å². The van der Waals surface area contributed by atoms with Crippen LogP contribution >= 0.6 is 0 Å². The number of benzene rings is 1. The molecule has 2 radical (unpaired) electrons. The van der Waals surface area contributed by atoms with Gasteiger partial charge in [0.1, 0.15) is 11.6 Å². The van der Waals surface area contributed by atoms with Crippen LogP contribution in [0.1, 0.15) is 30.8 Å². The molecule has 2 aromatic rings. The Kier molecular flexibility index (Phi) is 6.21. The molecule has 0 saturated heterocycles. The van der Waals surface area contributed by atoms with E-state index in [1.807, 2.05) is 45.9 Å². The summed E-state index contributed by atoms with van der Waals surface area (Å²) in [6.07, 6.45) is 0. The van der Waals surface area contributed by atoms with E-state index in [9.17, 15) is 5.26 Å². The highest BCUT2D eigenvalue weighted by Gasteiger charge is 2.14. The summed E-state index contributed by atoms with van der Waals surface area (Å²) in [6, 6.07) is 11.2. The van der Waals surface area contributed by atoms with Gasteiger partial charge < -0.3 is 4.65 Å². The van der Waals surface area contributed by atoms with Gasteiger partial charge in [0, 0.05) is 0 Å². The Morgan fingerprint density at radius 2 is 1.67 bits per heavy atom. The van der Waals surface area contributed by atoms with Crippen LogP contribution in [0.15, 0.2) is 30.3 Å². The molecule has 0 aliphatic rings. The number of hydrogen-bond acceptors (Lipinski definition) is 4. The van der Waals surface area contributed by atoms with Gasteiger partial charge in [-0.15, -0.1) is 4.80 Å². The van der Waals surface area contributed by atoms with Gasteiger partial charge in [-0.05, 0) is 19.4 Å². The molecule has 1 aromatic carbocycles. The molecule has 0 bridgehead atoms. The molecule has 0 amide bonds. The van der Waals surface area contributed by atoms with Crippen molar-refractivity contribution < 1.29 is 4.65 Å². The van der Waals surface area contributed by atoms with Crippen molar-refractivity contribution >= 4 is 19.5 Å². The first-order valence-electron chi connectivity index (χ1n) is 6.64. The molecule has 0 atom stereocenters. The Labute approximate surface area is 126 Å². The minimum atomic E-state index is 0.102. The zero-order chi connectivity index (χ0) is 15.8. The predicted molar refractivity (Wildman–Crippen MR) is 82.8 cm³/mol. The van der Waals surface area contributed by atoms with Crippen molar-refractivity contribution in [3.63, 3.8) is 0 Å². The number of allylic oxidation sites excluding steroid dienone is 1. The van der Waals surface area contributed by atoms with Crippen LogP contribution in [0.2, 0.25) is 0 Å². The first-order valence-corrected chi connectivity index (χ1v) is 6.64. The van der Waals surface area contributed by atoms with E-state index in [1.54, 1.807) is 12.1 Å². The zero-order valence-corrected chi connectivity index (χ0v) is 12.7. The topological polar surface area (TPSA) is 63.7 Å². The van der Waals surface area contributed by atoms with Gasteiger partial charge >= 0.3 is 8.05 Å². The minimum Gasteiger partial charge on any atom is -0.553 e. The highest BCUT2D eigenvalue weighted by molar-refractivity contribution is 6.03. The lowest BCUT2D eigenvalue weighted by Gasteiger charge is -2.08. The van der Waals surface area contributed by atoms with E-state index in [0.717, 1.165) is 11.4 Å². The summed E-state index contributed by atoms with van der Waals surface area (Å²) in [6.45, 7) is 7.64. The normalized spacial score (nSPS) is 10.8. The van der Waals surface area contributed by atoms with Gasteiger partial charge in [0.2, 0.25) is 5.88 Å². The molecule has 5 nitrogen and oxygen atoms in total. The molecule has 0 unspecified atom stereocenters. The summed E-state index contributed by atoms with van der Waals surface area (Å²) in [5, 5.41) is 17.6. The quantitative estimate of drug-likeness (QED) is 0.492. The molecule has 1 heterocycles. The molecule has 0 aliphatic carbocycles. The third-order valence-electron chi connectivity index (χ3n) is 2.69. The van der Waals surface area contributed by atoms with Gasteiger partial charge in [-0.3, -0.25) is 0 Å². The van der Waals surface area contributed by atoms with Gasteiger partial charge in [0.05, 0.1) is 11.4 Å². The van der Waals surface area contributed by atoms with Crippen LogP contribution in [0.4, 0.5) is 0 Å². The van der Waals surface area contributed by atoms with Crippen molar-refractivity contribution in [3.05, 3.63) is 47.3 Å². The average Bonchev–Trinajstić information content (AvgIpc) is 2.86. The number of nitriles is 1. The fraction of sp³-hybridized carbons (Fsp3) is 0.267. The molecular formula is C15H17BN4O. The Morgan fingerprint density at radius 1 is 1.14 bits per heavy atom. The number of aromatic nitrogens is 3. The maximum absolute atomic E-state index is 9.31. The van der Waals surface area contributed by atoms with Crippen molar-refractivity contribution in [1.82, 2.24) is 15.0 Å². The Bertz CT molecular complexity index is 637. The lowest BCUT2D eigenvalue weighted by molar-refractivity contribution is 0.488. The van der Waals surface area contributed by atoms with Crippen LogP contribution in [-0.2, 0) is 4.65 Å². The molecule has 0 saturated carbocycles. The molecule has 21 heavy (non-hydrogen) atoms. The van der Waals surface area contributed by atoms with Crippen LogP contribution in [0.25, 0.3) is 11.5 Å². The van der Waals surface area contributed by atoms with Crippen LogP contribution in [0.3, 0.4) is 0 Å². The molecule has 0 spiro atoms. The minimum absolute atomic E-state index is 0.102. The number of nitrogens with zero attached hydrogens (tertiary/aromatic N) is 4. The maximum atomic E-state index is 9.31.